The van der Waals surface area contributed by atoms with Crippen LogP contribution in [0.15, 0.2) is 58.5 Å². The molecule has 5 rings (SSSR count). The van der Waals surface area contributed by atoms with Crippen molar-refractivity contribution >= 4 is 5.65 Å². The summed E-state index contributed by atoms with van der Waals surface area (Å²) in [6, 6.07) is 8.42. The highest BCUT2D eigenvalue weighted by Crippen LogP contribution is 2.55. The number of imidazole rings is 1. The van der Waals surface area contributed by atoms with Gasteiger partial charge < -0.3 is 9.72 Å². The normalized spacial score (nSPS) is 18.1. The van der Waals surface area contributed by atoms with E-state index in [1.54, 1.807) is 29.0 Å². The van der Waals surface area contributed by atoms with Crippen molar-refractivity contribution in [3.63, 3.8) is 0 Å². The van der Waals surface area contributed by atoms with E-state index >= 15 is 0 Å². The average Bonchev–Trinajstić information content (AvgIpc) is 3.35. The van der Waals surface area contributed by atoms with Crippen molar-refractivity contribution in [1.29, 1.82) is 0 Å². The quantitative estimate of drug-likeness (QED) is 0.525. The first-order valence-electron chi connectivity index (χ1n) is 9.21. The molecule has 0 bridgehead atoms. The fraction of sp³-hybridized carbons (Fsp3) is 0.200. The van der Waals surface area contributed by atoms with E-state index in [1.807, 2.05) is 6.07 Å². The zero-order valence-corrected chi connectivity index (χ0v) is 15.4. The lowest BCUT2D eigenvalue weighted by atomic mass is 10.0. The van der Waals surface area contributed by atoms with Crippen LogP contribution in [0.25, 0.3) is 16.9 Å². The molecule has 8 nitrogen and oxygen atoms in total. The lowest BCUT2D eigenvalue weighted by Gasteiger charge is -2.08. The predicted molar refractivity (Wildman–Crippen MR) is 103 cm³/mol. The molecule has 3 aromatic heterocycles. The molecule has 2 N–H and O–H groups in total. The summed E-state index contributed by atoms with van der Waals surface area (Å²) < 4.78 is 30.7. The molecule has 1 fully saturated rings. The first-order chi connectivity index (χ1) is 14.5. The van der Waals surface area contributed by atoms with Crippen LogP contribution in [0.3, 0.4) is 0 Å². The maximum absolute atomic E-state index is 12.3. The van der Waals surface area contributed by atoms with Gasteiger partial charge in [-0.3, -0.25) is 9.78 Å². The number of rotatable bonds is 5. The number of fused-ring (bicyclic) bond motifs is 1. The van der Waals surface area contributed by atoms with Gasteiger partial charge in [-0.25, -0.2) is 14.3 Å². The highest BCUT2D eigenvalue weighted by molar-refractivity contribution is 5.63. The Morgan fingerprint density at radius 3 is 2.70 bits per heavy atom. The van der Waals surface area contributed by atoms with Gasteiger partial charge in [-0.15, -0.1) is 0 Å². The molecular formula is C20H15F2N5O3. The van der Waals surface area contributed by atoms with Crippen LogP contribution in [0.5, 0.6) is 5.75 Å². The number of nitrogens with one attached hydrogen (secondary N) is 2. The van der Waals surface area contributed by atoms with E-state index < -0.39 is 17.9 Å². The summed E-state index contributed by atoms with van der Waals surface area (Å²) >= 11 is 0. The number of ether oxygens (including phenoxy) is 1. The molecule has 2 atom stereocenters. The number of benzene rings is 1. The lowest BCUT2D eigenvalue weighted by Crippen LogP contribution is -2.23. The predicted octanol–water partition coefficient (Wildman–Crippen LogP) is 2.65. The number of aromatic amines is 2. The number of H-pyrrole nitrogens is 2. The molecule has 10 heteroatoms. The van der Waals surface area contributed by atoms with Gasteiger partial charge in [0.15, 0.2) is 5.65 Å². The van der Waals surface area contributed by atoms with Crippen LogP contribution in [-0.4, -0.2) is 31.2 Å². The Hall–Kier alpha value is -3.82. The molecule has 0 spiro atoms. The van der Waals surface area contributed by atoms with Crippen molar-refractivity contribution in [3.05, 3.63) is 80.9 Å². The molecule has 30 heavy (non-hydrogen) atoms. The van der Waals surface area contributed by atoms with Gasteiger partial charge in [0, 0.05) is 24.2 Å². The first-order valence-corrected chi connectivity index (χ1v) is 9.21. The zero-order valence-electron chi connectivity index (χ0n) is 15.4. The maximum Gasteiger partial charge on any atom is 0.387 e. The molecule has 1 aromatic carbocycles. The first kappa shape index (κ1) is 18.2. The van der Waals surface area contributed by atoms with Gasteiger partial charge in [0.2, 0.25) is 0 Å². The minimum atomic E-state index is -2.86. The fourth-order valence-corrected chi connectivity index (χ4v) is 3.75. The third-order valence-corrected chi connectivity index (χ3v) is 5.21. The van der Waals surface area contributed by atoms with Gasteiger partial charge in [-0.1, -0.05) is 12.1 Å². The molecule has 0 saturated heterocycles. The van der Waals surface area contributed by atoms with E-state index in [9.17, 15) is 18.4 Å². The maximum atomic E-state index is 12.3. The summed E-state index contributed by atoms with van der Waals surface area (Å²) in [5, 5.41) is 4.43. The molecule has 0 unspecified atom stereocenters. The van der Waals surface area contributed by atoms with Crippen LogP contribution < -0.4 is 16.0 Å². The molecule has 3 heterocycles. The van der Waals surface area contributed by atoms with Crippen molar-refractivity contribution in [3.8, 4) is 17.0 Å². The van der Waals surface area contributed by atoms with Gasteiger partial charge in [-0.05, 0) is 42.0 Å². The second kappa shape index (κ2) is 6.90. The van der Waals surface area contributed by atoms with Crippen molar-refractivity contribution in [2.24, 2.45) is 0 Å². The molecule has 1 aliphatic rings. The molecule has 152 valence electrons. The number of nitrogens with zero attached hydrogens (tertiary/aromatic N) is 3. The van der Waals surface area contributed by atoms with E-state index in [2.05, 4.69) is 24.8 Å². The summed E-state index contributed by atoms with van der Waals surface area (Å²) in [4.78, 5) is 32.6. The smallest absolute Gasteiger partial charge is 0.387 e. The zero-order chi connectivity index (χ0) is 20.8. The summed E-state index contributed by atoms with van der Waals surface area (Å²) in [7, 11) is 0. The number of aromatic nitrogens is 5. The Balaban J connectivity index is 1.50. The van der Waals surface area contributed by atoms with Crippen LogP contribution in [0, 0.1) is 0 Å². The number of hydrogen-bond donors (Lipinski definition) is 2. The lowest BCUT2D eigenvalue weighted by molar-refractivity contribution is -0.0498. The number of hydrogen-bond acceptors (Lipinski definition) is 5. The minimum absolute atomic E-state index is 0.116. The topological polar surface area (TPSA) is 105 Å². The minimum Gasteiger partial charge on any atom is -0.435 e. The van der Waals surface area contributed by atoms with Crippen LogP contribution in [-0.2, 0) is 0 Å². The van der Waals surface area contributed by atoms with Gasteiger partial charge in [0.25, 0.3) is 5.56 Å². The van der Waals surface area contributed by atoms with Crippen molar-refractivity contribution in [2.75, 3.05) is 0 Å². The Bertz CT molecular complexity index is 1340. The van der Waals surface area contributed by atoms with Gasteiger partial charge >= 0.3 is 12.3 Å². The monoisotopic (exact) mass is 411 g/mol. The van der Waals surface area contributed by atoms with Gasteiger partial charge in [0.05, 0.1) is 11.3 Å². The van der Waals surface area contributed by atoms with E-state index in [1.165, 1.54) is 18.3 Å². The highest BCUT2D eigenvalue weighted by Gasteiger charge is 2.41. The number of halogens is 2. The van der Waals surface area contributed by atoms with Crippen LogP contribution in [0.1, 0.15) is 29.4 Å². The summed E-state index contributed by atoms with van der Waals surface area (Å²) in [5.41, 5.74) is 2.16. The van der Waals surface area contributed by atoms with E-state index in [0.29, 0.717) is 11.3 Å². The average molecular weight is 411 g/mol. The van der Waals surface area contributed by atoms with Crippen molar-refractivity contribution in [1.82, 2.24) is 24.6 Å². The SMILES string of the molecule is O=c1[nH]cc(-c2cc([C@H]3C[C@@H]3c3ccc(OC(F)F)cc3)c3nccn3n2)c(=O)[nH]1. The molecule has 1 saturated carbocycles. The van der Waals surface area contributed by atoms with Crippen molar-refractivity contribution < 1.29 is 13.5 Å². The highest BCUT2D eigenvalue weighted by atomic mass is 19.3. The van der Waals surface area contributed by atoms with Gasteiger partial charge in [-0.2, -0.15) is 13.9 Å². The Labute approximate surface area is 167 Å². The van der Waals surface area contributed by atoms with Gasteiger partial charge in [0.1, 0.15) is 5.75 Å². The van der Waals surface area contributed by atoms with Crippen LogP contribution in [0.2, 0.25) is 0 Å². The number of alkyl halides is 2. The molecule has 0 amide bonds. The van der Waals surface area contributed by atoms with Crippen LogP contribution in [0.4, 0.5) is 8.78 Å². The van der Waals surface area contributed by atoms with Crippen molar-refractivity contribution in [2.45, 2.75) is 24.9 Å². The third-order valence-electron chi connectivity index (χ3n) is 5.21. The molecule has 0 aliphatic heterocycles. The third kappa shape index (κ3) is 3.25. The second-order valence-electron chi connectivity index (χ2n) is 7.06. The van der Waals surface area contributed by atoms with E-state index in [4.69, 9.17) is 0 Å². The Morgan fingerprint density at radius 1 is 1.17 bits per heavy atom. The second-order valence-corrected chi connectivity index (χ2v) is 7.06. The summed E-state index contributed by atoms with van der Waals surface area (Å²) in [5.74, 6) is 0.445. The van der Waals surface area contributed by atoms with E-state index in [-0.39, 0.29) is 23.1 Å². The molecule has 4 aromatic rings. The van der Waals surface area contributed by atoms with Crippen LogP contribution >= 0.6 is 0 Å². The standard InChI is InChI=1S/C20H15F2N5O3/c21-19(22)30-11-3-1-10(2-4-11)12-7-13(12)14-8-16(26-27-6-5-23-17(14)27)15-9-24-20(29)25-18(15)28/h1-6,8-9,12-13,19H,7H2,(H2,24,25,28,29)/t12-,13+/m1/s1. The summed E-state index contributed by atoms with van der Waals surface area (Å²) in [6.07, 6.45) is 5.50. The summed E-state index contributed by atoms with van der Waals surface area (Å²) in [6.45, 7) is -2.86. The molecule has 0 radical (unpaired) electrons. The Kier molecular flexibility index (Phi) is 4.19. The Morgan fingerprint density at radius 2 is 1.97 bits per heavy atom. The largest absolute Gasteiger partial charge is 0.435 e. The molecule has 1 aliphatic carbocycles. The van der Waals surface area contributed by atoms with E-state index in [0.717, 1.165) is 17.5 Å². The molecular weight excluding hydrogens is 396 g/mol. The fourth-order valence-electron chi connectivity index (χ4n) is 3.75.